The van der Waals surface area contributed by atoms with Crippen molar-refractivity contribution in [2.75, 3.05) is 0 Å². The van der Waals surface area contributed by atoms with E-state index in [1.54, 1.807) is 31.3 Å². The van der Waals surface area contributed by atoms with Crippen LogP contribution in [0.5, 0.6) is 0 Å². The van der Waals surface area contributed by atoms with Gasteiger partial charge in [0.2, 0.25) is 11.7 Å². The predicted octanol–water partition coefficient (Wildman–Crippen LogP) is 4.92. The van der Waals surface area contributed by atoms with Crippen LogP contribution in [0.25, 0.3) is 11.3 Å². The number of thioether (sulfide) groups is 1. The van der Waals surface area contributed by atoms with Crippen molar-refractivity contribution in [3.63, 3.8) is 0 Å². The van der Waals surface area contributed by atoms with Gasteiger partial charge in [-0.3, -0.25) is 4.57 Å². The van der Waals surface area contributed by atoms with Gasteiger partial charge < -0.3 is 4.42 Å². The molecule has 2 heterocycles. The van der Waals surface area contributed by atoms with E-state index in [0.717, 1.165) is 21.9 Å². The van der Waals surface area contributed by atoms with Crippen LogP contribution in [0.3, 0.4) is 0 Å². The summed E-state index contributed by atoms with van der Waals surface area (Å²) < 4.78 is 45.2. The van der Waals surface area contributed by atoms with E-state index in [-0.39, 0.29) is 17.5 Å². The van der Waals surface area contributed by atoms with Crippen LogP contribution in [0.2, 0.25) is 5.02 Å². The number of nitrogens with zero attached hydrogens (tertiary/aromatic N) is 4. The maximum atomic E-state index is 12.9. The molecule has 1 aromatic carbocycles. The number of rotatable bonds is 5. The lowest BCUT2D eigenvalue weighted by molar-refractivity contribution is -0.147. The van der Waals surface area contributed by atoms with Crippen molar-refractivity contribution in [3.05, 3.63) is 47.2 Å². The van der Waals surface area contributed by atoms with E-state index < -0.39 is 12.0 Å². The molecule has 0 fully saturated rings. The minimum atomic E-state index is -4.54. The average Bonchev–Trinajstić information content (AvgIpc) is 3.19. The number of oxazole rings is 1. The lowest BCUT2D eigenvalue weighted by Gasteiger charge is -2.08. The first kappa shape index (κ1) is 17.8. The number of benzene rings is 1. The van der Waals surface area contributed by atoms with Crippen molar-refractivity contribution >= 4 is 23.4 Å². The molecule has 0 N–H and O–H groups in total. The highest BCUT2D eigenvalue weighted by atomic mass is 35.5. The molecule has 0 saturated heterocycles. The molecule has 0 unspecified atom stereocenters. The molecule has 0 bridgehead atoms. The first-order valence-electron chi connectivity index (χ1n) is 7.22. The van der Waals surface area contributed by atoms with Gasteiger partial charge in [0, 0.05) is 17.1 Å². The van der Waals surface area contributed by atoms with Gasteiger partial charge in [0.1, 0.15) is 0 Å². The van der Waals surface area contributed by atoms with Crippen molar-refractivity contribution in [1.29, 1.82) is 0 Å². The summed E-state index contributed by atoms with van der Waals surface area (Å²) in [5, 5.41) is 7.58. The van der Waals surface area contributed by atoms with Crippen LogP contribution in [0.15, 0.2) is 40.0 Å². The van der Waals surface area contributed by atoms with Gasteiger partial charge in [-0.15, -0.1) is 10.2 Å². The second-order valence-corrected chi connectivity index (χ2v) is 6.34. The van der Waals surface area contributed by atoms with E-state index in [4.69, 9.17) is 16.0 Å². The molecule has 0 aliphatic carbocycles. The minimum Gasteiger partial charge on any atom is -0.440 e. The molecule has 0 aliphatic rings. The molecule has 132 valence electrons. The average molecular weight is 389 g/mol. The zero-order chi connectivity index (χ0) is 18.0. The molecule has 0 atom stereocenters. The molecule has 3 aromatic rings. The molecule has 3 rings (SSSR count). The monoisotopic (exact) mass is 388 g/mol. The fourth-order valence-electron chi connectivity index (χ4n) is 2.17. The quantitative estimate of drug-likeness (QED) is 0.581. The van der Waals surface area contributed by atoms with Gasteiger partial charge in [0.15, 0.2) is 10.9 Å². The third-order valence-corrected chi connectivity index (χ3v) is 4.46. The van der Waals surface area contributed by atoms with Gasteiger partial charge >= 0.3 is 6.18 Å². The highest BCUT2D eigenvalue weighted by molar-refractivity contribution is 7.98. The van der Waals surface area contributed by atoms with Crippen molar-refractivity contribution in [3.8, 4) is 11.3 Å². The van der Waals surface area contributed by atoms with E-state index in [0.29, 0.717) is 16.7 Å². The molecule has 2 aromatic heterocycles. The summed E-state index contributed by atoms with van der Waals surface area (Å²) in [6.45, 7) is 1.72. The summed E-state index contributed by atoms with van der Waals surface area (Å²) in [6.07, 6.45) is -2.99. The Morgan fingerprint density at radius 2 is 2.08 bits per heavy atom. The second-order valence-electron chi connectivity index (χ2n) is 4.97. The molecular weight excluding hydrogens is 377 g/mol. The van der Waals surface area contributed by atoms with E-state index in [1.807, 2.05) is 6.07 Å². The molecular formula is C15H12ClF3N4OS. The molecule has 5 nitrogen and oxygen atoms in total. The largest absolute Gasteiger partial charge is 0.451 e. The summed E-state index contributed by atoms with van der Waals surface area (Å²) in [5.74, 6) is 0.131. The Hall–Kier alpha value is -2.00. The molecule has 10 heteroatoms. The van der Waals surface area contributed by atoms with Gasteiger partial charge in [0.25, 0.3) is 0 Å². The number of halogens is 4. The van der Waals surface area contributed by atoms with E-state index in [9.17, 15) is 13.2 Å². The topological polar surface area (TPSA) is 56.7 Å². The Bertz CT molecular complexity index is 878. The standard InChI is InChI=1S/C15H12ClF3N4OS/c1-2-23-13(15(17,18)19)21-22-14(23)25-8-12-20-7-11(24-12)9-4-3-5-10(16)6-9/h3-7H,2,8H2,1H3. The third-order valence-electron chi connectivity index (χ3n) is 3.27. The Balaban J connectivity index is 1.74. The highest BCUT2D eigenvalue weighted by Gasteiger charge is 2.38. The maximum absolute atomic E-state index is 12.9. The van der Waals surface area contributed by atoms with Gasteiger partial charge in [-0.1, -0.05) is 35.5 Å². The molecule has 0 spiro atoms. The Morgan fingerprint density at radius 3 is 2.76 bits per heavy atom. The van der Waals surface area contributed by atoms with Crippen LogP contribution in [0.1, 0.15) is 18.6 Å². The summed E-state index contributed by atoms with van der Waals surface area (Å²) in [4.78, 5) is 4.14. The first-order valence-corrected chi connectivity index (χ1v) is 8.58. The van der Waals surface area contributed by atoms with Crippen LogP contribution < -0.4 is 0 Å². The Kier molecular flexibility index (Phi) is 5.05. The second kappa shape index (κ2) is 7.09. The lowest BCUT2D eigenvalue weighted by atomic mass is 10.2. The van der Waals surface area contributed by atoms with Crippen molar-refractivity contribution in [1.82, 2.24) is 19.7 Å². The van der Waals surface area contributed by atoms with Crippen molar-refractivity contribution in [2.45, 2.75) is 30.6 Å². The molecule has 0 amide bonds. The molecule has 0 aliphatic heterocycles. The van der Waals surface area contributed by atoms with Gasteiger partial charge in [0.05, 0.1) is 11.9 Å². The normalized spacial score (nSPS) is 11.9. The van der Waals surface area contributed by atoms with Crippen molar-refractivity contribution in [2.24, 2.45) is 0 Å². The molecule has 0 saturated carbocycles. The van der Waals surface area contributed by atoms with Crippen LogP contribution >= 0.6 is 23.4 Å². The fraction of sp³-hybridized carbons (Fsp3) is 0.267. The zero-order valence-electron chi connectivity index (χ0n) is 12.9. The maximum Gasteiger partial charge on any atom is 0.451 e. The summed E-state index contributed by atoms with van der Waals surface area (Å²) in [5.41, 5.74) is 0.771. The third kappa shape index (κ3) is 3.98. The number of hydrogen-bond donors (Lipinski definition) is 0. The number of hydrogen-bond acceptors (Lipinski definition) is 5. The van der Waals surface area contributed by atoms with Crippen LogP contribution in [-0.2, 0) is 18.5 Å². The summed E-state index contributed by atoms with van der Waals surface area (Å²) in [7, 11) is 0. The zero-order valence-corrected chi connectivity index (χ0v) is 14.5. The summed E-state index contributed by atoms with van der Waals surface area (Å²) >= 11 is 7.02. The molecule has 25 heavy (non-hydrogen) atoms. The van der Waals surface area contributed by atoms with E-state index in [1.165, 1.54) is 0 Å². The van der Waals surface area contributed by atoms with Gasteiger partial charge in [-0.05, 0) is 19.1 Å². The fourth-order valence-corrected chi connectivity index (χ4v) is 3.22. The number of alkyl halides is 3. The minimum absolute atomic E-state index is 0.115. The smallest absolute Gasteiger partial charge is 0.440 e. The van der Waals surface area contributed by atoms with Gasteiger partial charge in [-0.25, -0.2) is 4.98 Å². The van der Waals surface area contributed by atoms with E-state index >= 15 is 0 Å². The first-order chi connectivity index (χ1) is 11.9. The lowest BCUT2D eigenvalue weighted by Crippen LogP contribution is -2.14. The predicted molar refractivity (Wildman–Crippen MR) is 87.2 cm³/mol. The highest BCUT2D eigenvalue weighted by Crippen LogP contribution is 2.32. The van der Waals surface area contributed by atoms with Crippen LogP contribution in [-0.4, -0.2) is 19.7 Å². The van der Waals surface area contributed by atoms with Gasteiger partial charge in [-0.2, -0.15) is 13.2 Å². The Labute approximate surface area is 150 Å². The molecule has 0 radical (unpaired) electrons. The number of aromatic nitrogens is 4. The van der Waals surface area contributed by atoms with E-state index in [2.05, 4.69) is 15.2 Å². The van der Waals surface area contributed by atoms with Crippen LogP contribution in [0, 0.1) is 0 Å². The van der Waals surface area contributed by atoms with Crippen LogP contribution in [0.4, 0.5) is 13.2 Å². The Morgan fingerprint density at radius 1 is 1.28 bits per heavy atom. The SMILES string of the molecule is CCn1c(SCc2ncc(-c3cccc(Cl)c3)o2)nnc1C(F)(F)F. The summed E-state index contributed by atoms with van der Waals surface area (Å²) in [6, 6.07) is 7.10. The van der Waals surface area contributed by atoms with Crippen molar-refractivity contribution < 1.29 is 17.6 Å².